The molecule has 1 unspecified atom stereocenters. The van der Waals surface area contributed by atoms with Crippen molar-refractivity contribution in [2.24, 2.45) is 0 Å². The maximum absolute atomic E-state index is 12.5. The molecular formula is C12H22N2O2. The first-order chi connectivity index (χ1) is 7.63. The van der Waals surface area contributed by atoms with E-state index in [2.05, 4.69) is 12.2 Å². The minimum absolute atomic E-state index is 0.210. The van der Waals surface area contributed by atoms with Crippen LogP contribution in [0.25, 0.3) is 0 Å². The number of nitrogens with one attached hydrogen (secondary N) is 1. The predicted molar refractivity (Wildman–Crippen MR) is 62.3 cm³/mol. The number of piperidine rings is 1. The number of carbonyl (C=O) groups is 1. The van der Waals surface area contributed by atoms with Crippen LogP contribution in [0, 0.1) is 0 Å². The van der Waals surface area contributed by atoms with Crippen LogP contribution in [0.15, 0.2) is 0 Å². The fourth-order valence-corrected chi connectivity index (χ4v) is 2.58. The van der Waals surface area contributed by atoms with Gasteiger partial charge in [0.05, 0.1) is 24.8 Å². The first-order valence-corrected chi connectivity index (χ1v) is 6.27. The quantitative estimate of drug-likeness (QED) is 0.718. The topological polar surface area (TPSA) is 41.6 Å². The summed E-state index contributed by atoms with van der Waals surface area (Å²) in [6.45, 7) is 7.13. The summed E-state index contributed by atoms with van der Waals surface area (Å²) in [5.74, 6) is 0.253. The van der Waals surface area contributed by atoms with Crippen LogP contribution < -0.4 is 5.32 Å². The molecule has 2 atom stereocenters. The van der Waals surface area contributed by atoms with Gasteiger partial charge in [-0.25, -0.2) is 0 Å². The number of hydrogen-bond acceptors (Lipinski definition) is 3. The van der Waals surface area contributed by atoms with E-state index in [1.165, 1.54) is 6.42 Å². The van der Waals surface area contributed by atoms with Crippen LogP contribution in [0.1, 0.15) is 33.1 Å². The van der Waals surface area contributed by atoms with Gasteiger partial charge >= 0.3 is 0 Å². The van der Waals surface area contributed by atoms with Crippen LogP contribution in [-0.4, -0.2) is 48.7 Å². The van der Waals surface area contributed by atoms with Crippen molar-refractivity contribution in [2.45, 2.75) is 44.7 Å². The fourth-order valence-electron chi connectivity index (χ4n) is 2.58. The van der Waals surface area contributed by atoms with E-state index in [1.54, 1.807) is 0 Å². The molecule has 0 aromatic rings. The van der Waals surface area contributed by atoms with Gasteiger partial charge in [0.2, 0.25) is 5.91 Å². The summed E-state index contributed by atoms with van der Waals surface area (Å²) >= 11 is 0. The summed E-state index contributed by atoms with van der Waals surface area (Å²) < 4.78 is 5.37. The van der Waals surface area contributed by atoms with E-state index < -0.39 is 0 Å². The summed E-state index contributed by atoms with van der Waals surface area (Å²) in [4.78, 5) is 14.5. The van der Waals surface area contributed by atoms with Gasteiger partial charge in [0.25, 0.3) is 0 Å². The van der Waals surface area contributed by atoms with Crippen LogP contribution in [0.2, 0.25) is 0 Å². The van der Waals surface area contributed by atoms with Gasteiger partial charge in [-0.05, 0) is 39.7 Å². The Hall–Kier alpha value is -0.610. The van der Waals surface area contributed by atoms with Crippen molar-refractivity contribution in [3.8, 4) is 0 Å². The van der Waals surface area contributed by atoms with Gasteiger partial charge in [-0.2, -0.15) is 0 Å². The zero-order chi connectivity index (χ0) is 11.6. The number of amides is 1. The second kappa shape index (κ2) is 4.72. The zero-order valence-electron chi connectivity index (χ0n) is 10.3. The maximum Gasteiger partial charge on any atom is 0.242 e. The molecule has 0 aromatic heterocycles. The number of carbonyl (C=O) groups excluding carboxylic acids is 1. The van der Waals surface area contributed by atoms with Gasteiger partial charge in [-0.1, -0.05) is 0 Å². The van der Waals surface area contributed by atoms with E-state index in [1.807, 2.05) is 11.8 Å². The SMILES string of the molecule is C[C@@H]1COCCN1C(=O)C1(C)CCCCN1. The lowest BCUT2D eigenvalue weighted by atomic mass is 9.89. The van der Waals surface area contributed by atoms with E-state index >= 15 is 0 Å². The Labute approximate surface area is 97.3 Å². The van der Waals surface area contributed by atoms with Crippen molar-refractivity contribution in [1.29, 1.82) is 0 Å². The molecule has 92 valence electrons. The second-order valence-electron chi connectivity index (χ2n) is 5.14. The lowest BCUT2D eigenvalue weighted by molar-refractivity contribution is -0.146. The molecule has 1 amide bonds. The lowest BCUT2D eigenvalue weighted by Gasteiger charge is -2.42. The van der Waals surface area contributed by atoms with Crippen molar-refractivity contribution in [3.63, 3.8) is 0 Å². The molecule has 0 saturated carbocycles. The molecule has 4 nitrogen and oxygen atoms in total. The van der Waals surface area contributed by atoms with Crippen molar-refractivity contribution < 1.29 is 9.53 Å². The summed E-state index contributed by atoms with van der Waals surface area (Å²) in [7, 11) is 0. The zero-order valence-corrected chi connectivity index (χ0v) is 10.3. The van der Waals surface area contributed by atoms with Gasteiger partial charge in [0.15, 0.2) is 0 Å². The average Bonchev–Trinajstić information content (AvgIpc) is 2.30. The number of nitrogens with zero attached hydrogens (tertiary/aromatic N) is 1. The van der Waals surface area contributed by atoms with Gasteiger partial charge in [0.1, 0.15) is 0 Å². The van der Waals surface area contributed by atoms with Crippen molar-refractivity contribution in [1.82, 2.24) is 10.2 Å². The Bertz CT molecular complexity index is 262. The molecule has 0 aliphatic carbocycles. The van der Waals surface area contributed by atoms with Crippen molar-refractivity contribution in [2.75, 3.05) is 26.3 Å². The molecule has 2 fully saturated rings. The highest BCUT2D eigenvalue weighted by atomic mass is 16.5. The Morgan fingerprint density at radius 1 is 1.50 bits per heavy atom. The van der Waals surface area contributed by atoms with Gasteiger partial charge < -0.3 is 15.0 Å². The van der Waals surface area contributed by atoms with E-state index in [0.29, 0.717) is 13.2 Å². The highest BCUT2D eigenvalue weighted by Crippen LogP contribution is 2.23. The minimum atomic E-state index is -0.343. The summed E-state index contributed by atoms with van der Waals surface area (Å²) in [5.41, 5.74) is -0.343. The van der Waals surface area contributed by atoms with E-state index in [0.717, 1.165) is 25.9 Å². The van der Waals surface area contributed by atoms with E-state index in [-0.39, 0.29) is 17.5 Å². The third kappa shape index (κ3) is 2.23. The largest absolute Gasteiger partial charge is 0.377 e. The Kier molecular flexibility index (Phi) is 3.50. The number of ether oxygens (including phenoxy) is 1. The van der Waals surface area contributed by atoms with Crippen molar-refractivity contribution >= 4 is 5.91 Å². The number of hydrogen-bond donors (Lipinski definition) is 1. The molecule has 0 aromatic carbocycles. The van der Waals surface area contributed by atoms with Crippen LogP contribution in [-0.2, 0) is 9.53 Å². The third-order valence-corrected chi connectivity index (χ3v) is 3.72. The highest BCUT2D eigenvalue weighted by Gasteiger charge is 2.39. The molecular weight excluding hydrogens is 204 g/mol. The molecule has 0 radical (unpaired) electrons. The molecule has 4 heteroatoms. The summed E-state index contributed by atoms with van der Waals surface area (Å²) in [5, 5.41) is 3.38. The average molecular weight is 226 g/mol. The molecule has 2 saturated heterocycles. The monoisotopic (exact) mass is 226 g/mol. The molecule has 16 heavy (non-hydrogen) atoms. The molecule has 1 N–H and O–H groups in total. The van der Waals surface area contributed by atoms with E-state index in [9.17, 15) is 4.79 Å². The van der Waals surface area contributed by atoms with Gasteiger partial charge in [-0.15, -0.1) is 0 Å². The summed E-state index contributed by atoms with van der Waals surface area (Å²) in [6, 6.07) is 0.210. The summed E-state index contributed by atoms with van der Waals surface area (Å²) in [6.07, 6.45) is 3.28. The smallest absolute Gasteiger partial charge is 0.242 e. The third-order valence-electron chi connectivity index (χ3n) is 3.72. The standard InChI is InChI=1S/C12H22N2O2/c1-10-9-16-8-7-14(10)11(15)12(2)5-3-4-6-13-12/h10,13H,3-9H2,1-2H3/t10-,12?/m1/s1. The van der Waals surface area contributed by atoms with Crippen molar-refractivity contribution in [3.05, 3.63) is 0 Å². The molecule has 2 aliphatic heterocycles. The first kappa shape index (κ1) is 11.9. The highest BCUT2D eigenvalue weighted by molar-refractivity contribution is 5.86. The minimum Gasteiger partial charge on any atom is -0.377 e. The second-order valence-corrected chi connectivity index (χ2v) is 5.14. The Balaban J connectivity index is 2.04. The lowest BCUT2D eigenvalue weighted by Crippen LogP contribution is -2.61. The molecule has 0 spiro atoms. The molecule has 2 rings (SSSR count). The maximum atomic E-state index is 12.5. The predicted octanol–water partition coefficient (Wildman–Crippen LogP) is 0.766. The molecule has 0 bridgehead atoms. The van der Waals surface area contributed by atoms with Gasteiger partial charge in [0, 0.05) is 6.54 Å². The molecule has 2 aliphatic rings. The van der Waals surface area contributed by atoms with Crippen LogP contribution in [0.5, 0.6) is 0 Å². The number of rotatable bonds is 1. The fraction of sp³-hybridized carbons (Fsp3) is 0.917. The first-order valence-electron chi connectivity index (χ1n) is 6.27. The molecule has 2 heterocycles. The van der Waals surface area contributed by atoms with Gasteiger partial charge in [-0.3, -0.25) is 4.79 Å². The Morgan fingerprint density at radius 3 is 2.94 bits per heavy atom. The van der Waals surface area contributed by atoms with Crippen LogP contribution in [0.4, 0.5) is 0 Å². The van der Waals surface area contributed by atoms with Crippen LogP contribution >= 0.6 is 0 Å². The Morgan fingerprint density at radius 2 is 2.31 bits per heavy atom. The van der Waals surface area contributed by atoms with E-state index in [4.69, 9.17) is 4.74 Å². The van der Waals surface area contributed by atoms with Crippen LogP contribution in [0.3, 0.4) is 0 Å². The normalized spacial score (nSPS) is 36.1. The number of morpholine rings is 1.